The molecule has 2 amide bonds. The van der Waals surface area contributed by atoms with Gasteiger partial charge in [-0.05, 0) is 53.8 Å². The Labute approximate surface area is 202 Å². The molecule has 3 aromatic rings. The number of hydrogen-bond acceptors (Lipinski definition) is 5. The zero-order valence-corrected chi connectivity index (χ0v) is 19.4. The number of phenols is 1. The van der Waals surface area contributed by atoms with Crippen molar-refractivity contribution in [3.05, 3.63) is 83.4 Å². The maximum atomic E-state index is 13.0. The van der Waals surface area contributed by atoms with Crippen LogP contribution in [0, 0.1) is 0 Å². The molecule has 0 radical (unpaired) electrons. The summed E-state index contributed by atoms with van der Waals surface area (Å²) in [5, 5.41) is 24.1. The third-order valence-electron chi connectivity index (χ3n) is 6.41. The smallest absolute Gasteiger partial charge is 0.408 e. The summed E-state index contributed by atoms with van der Waals surface area (Å²) in [6.07, 6.45) is -0.528. The number of carbonyl (C=O) groups excluding carboxylic acids is 2. The highest BCUT2D eigenvalue weighted by Gasteiger charge is 2.35. The van der Waals surface area contributed by atoms with Crippen LogP contribution in [0.25, 0.3) is 11.1 Å². The van der Waals surface area contributed by atoms with Gasteiger partial charge in [-0.3, -0.25) is 4.79 Å². The lowest BCUT2D eigenvalue weighted by Crippen LogP contribution is -2.54. The zero-order valence-electron chi connectivity index (χ0n) is 19.4. The fourth-order valence-corrected chi connectivity index (χ4v) is 4.24. The van der Waals surface area contributed by atoms with Crippen LogP contribution in [0.5, 0.6) is 5.75 Å². The first-order chi connectivity index (χ1) is 16.7. The molecule has 1 atom stereocenters. The quantitative estimate of drug-likeness (QED) is 0.367. The Morgan fingerprint density at radius 1 is 0.971 bits per heavy atom. The van der Waals surface area contributed by atoms with E-state index in [9.17, 15) is 24.6 Å². The molecule has 8 heteroatoms. The molecule has 4 N–H and O–H groups in total. The molecule has 8 nitrogen and oxygen atoms in total. The largest absolute Gasteiger partial charge is 0.508 e. The number of fused-ring (bicyclic) bond motifs is 3. The van der Waals surface area contributed by atoms with Crippen LogP contribution in [0.4, 0.5) is 10.5 Å². The second-order valence-corrected chi connectivity index (χ2v) is 8.63. The van der Waals surface area contributed by atoms with E-state index in [1.807, 2.05) is 48.5 Å². The van der Waals surface area contributed by atoms with Gasteiger partial charge in [-0.15, -0.1) is 0 Å². The molecule has 0 saturated heterocycles. The van der Waals surface area contributed by atoms with Crippen LogP contribution in [-0.2, 0) is 9.53 Å². The van der Waals surface area contributed by atoms with Gasteiger partial charge in [0.1, 0.15) is 17.9 Å². The standard InChI is InChI=1S/C27H26N2O6/c1-3-27(2,25(33)28-23-13-12-16(30)14-21(23)24(31)32)29-26(34)35-15-22-19-10-6-4-8-17(19)18-9-5-7-11-20(18)22/h4-14,22,30H,3,15H2,1-2H3,(H,28,33)(H,29,34)(H,31,32). The van der Waals surface area contributed by atoms with Gasteiger partial charge in [-0.25, -0.2) is 9.59 Å². The highest BCUT2D eigenvalue weighted by atomic mass is 16.5. The summed E-state index contributed by atoms with van der Waals surface area (Å²) in [5.74, 6) is -2.28. The number of ether oxygens (including phenoxy) is 1. The van der Waals surface area contributed by atoms with Gasteiger partial charge in [0.05, 0.1) is 11.3 Å². The lowest BCUT2D eigenvalue weighted by molar-refractivity contribution is -0.121. The van der Waals surface area contributed by atoms with Crippen molar-refractivity contribution in [2.24, 2.45) is 0 Å². The highest BCUT2D eigenvalue weighted by molar-refractivity contribution is 6.04. The van der Waals surface area contributed by atoms with Crippen LogP contribution < -0.4 is 10.6 Å². The number of benzene rings is 3. The minimum absolute atomic E-state index is 0.00862. The Kier molecular flexibility index (Phi) is 6.46. The maximum absolute atomic E-state index is 13.0. The molecule has 1 aliphatic carbocycles. The molecule has 4 rings (SSSR count). The SMILES string of the molecule is CCC(C)(NC(=O)OCC1c2ccccc2-c2ccccc21)C(=O)Nc1ccc(O)cc1C(=O)O. The van der Waals surface area contributed by atoms with Crippen LogP contribution in [-0.4, -0.2) is 40.3 Å². The number of aromatic hydroxyl groups is 1. The second-order valence-electron chi connectivity index (χ2n) is 8.63. The topological polar surface area (TPSA) is 125 Å². The number of hydrogen-bond donors (Lipinski definition) is 4. The van der Waals surface area contributed by atoms with E-state index in [0.29, 0.717) is 0 Å². The predicted molar refractivity (Wildman–Crippen MR) is 131 cm³/mol. The van der Waals surface area contributed by atoms with E-state index in [1.165, 1.54) is 19.1 Å². The Morgan fingerprint density at radius 2 is 1.57 bits per heavy atom. The summed E-state index contributed by atoms with van der Waals surface area (Å²) in [4.78, 5) is 37.2. The third-order valence-corrected chi connectivity index (χ3v) is 6.41. The number of nitrogens with one attached hydrogen (secondary N) is 2. The van der Waals surface area contributed by atoms with Crippen molar-refractivity contribution < 1.29 is 29.3 Å². The number of phenolic OH excluding ortho intramolecular Hbond substituents is 1. The van der Waals surface area contributed by atoms with Crippen molar-refractivity contribution in [2.75, 3.05) is 11.9 Å². The van der Waals surface area contributed by atoms with Gasteiger partial charge in [0.25, 0.3) is 0 Å². The summed E-state index contributed by atoms with van der Waals surface area (Å²) in [7, 11) is 0. The van der Waals surface area contributed by atoms with Gasteiger partial charge < -0.3 is 25.6 Å². The van der Waals surface area contributed by atoms with Gasteiger partial charge in [0.15, 0.2) is 0 Å². The monoisotopic (exact) mass is 474 g/mol. The van der Waals surface area contributed by atoms with E-state index >= 15 is 0 Å². The minimum atomic E-state index is -1.36. The Hall–Kier alpha value is -4.33. The molecular formula is C27H26N2O6. The molecular weight excluding hydrogens is 448 g/mol. The van der Waals surface area contributed by atoms with E-state index in [2.05, 4.69) is 10.6 Å². The summed E-state index contributed by atoms with van der Waals surface area (Å²) in [5.41, 5.74) is 2.75. The molecule has 0 fully saturated rings. The number of alkyl carbamates (subject to hydrolysis) is 1. The van der Waals surface area contributed by atoms with Crippen molar-refractivity contribution in [2.45, 2.75) is 31.7 Å². The average molecular weight is 475 g/mol. The van der Waals surface area contributed by atoms with E-state index in [4.69, 9.17) is 4.74 Å². The summed E-state index contributed by atoms with van der Waals surface area (Å²) in [6, 6.07) is 19.6. The second kappa shape index (κ2) is 9.50. The first-order valence-corrected chi connectivity index (χ1v) is 11.2. The van der Waals surface area contributed by atoms with Gasteiger partial charge >= 0.3 is 12.1 Å². The van der Waals surface area contributed by atoms with Crippen LogP contribution >= 0.6 is 0 Å². The molecule has 0 saturated carbocycles. The number of carboxylic acids is 1. The van der Waals surface area contributed by atoms with Gasteiger partial charge in [-0.1, -0.05) is 55.5 Å². The number of anilines is 1. The van der Waals surface area contributed by atoms with Crippen molar-refractivity contribution in [1.29, 1.82) is 0 Å². The van der Waals surface area contributed by atoms with Gasteiger partial charge in [-0.2, -0.15) is 0 Å². The van der Waals surface area contributed by atoms with E-state index < -0.39 is 23.5 Å². The summed E-state index contributed by atoms with van der Waals surface area (Å²) < 4.78 is 5.56. The van der Waals surface area contributed by atoms with Crippen LogP contribution in [0.1, 0.15) is 47.7 Å². The van der Waals surface area contributed by atoms with Crippen molar-refractivity contribution >= 4 is 23.7 Å². The van der Waals surface area contributed by atoms with Gasteiger partial charge in [0, 0.05) is 5.92 Å². The Balaban J connectivity index is 1.45. The summed E-state index contributed by atoms with van der Waals surface area (Å²) >= 11 is 0. The zero-order chi connectivity index (χ0) is 25.2. The molecule has 0 bridgehead atoms. The van der Waals surface area contributed by atoms with Gasteiger partial charge in [0.2, 0.25) is 5.91 Å². The number of carboxylic acid groups (broad SMARTS) is 1. The molecule has 3 aromatic carbocycles. The van der Waals surface area contributed by atoms with Crippen LogP contribution in [0.15, 0.2) is 66.7 Å². The molecule has 0 heterocycles. The van der Waals surface area contributed by atoms with Crippen LogP contribution in [0.2, 0.25) is 0 Å². The van der Waals surface area contributed by atoms with E-state index in [1.54, 1.807) is 6.92 Å². The number of rotatable bonds is 7. The number of carbonyl (C=O) groups is 3. The average Bonchev–Trinajstić information content (AvgIpc) is 3.17. The Bertz CT molecular complexity index is 1260. The molecule has 180 valence electrons. The number of aromatic carboxylic acids is 1. The molecule has 0 aromatic heterocycles. The van der Waals surface area contributed by atoms with Crippen molar-refractivity contribution in [3.63, 3.8) is 0 Å². The van der Waals surface area contributed by atoms with Crippen molar-refractivity contribution in [1.82, 2.24) is 5.32 Å². The summed E-state index contributed by atoms with van der Waals surface area (Å²) in [6.45, 7) is 3.35. The first kappa shape index (κ1) is 23.8. The third kappa shape index (κ3) is 4.68. The highest BCUT2D eigenvalue weighted by Crippen LogP contribution is 2.44. The minimum Gasteiger partial charge on any atom is -0.508 e. The normalized spacial score (nSPS) is 13.8. The van der Waals surface area contributed by atoms with E-state index in [0.717, 1.165) is 28.3 Å². The maximum Gasteiger partial charge on any atom is 0.408 e. The van der Waals surface area contributed by atoms with Crippen molar-refractivity contribution in [3.8, 4) is 16.9 Å². The first-order valence-electron chi connectivity index (χ1n) is 11.2. The number of amides is 2. The fraction of sp³-hybridized carbons (Fsp3) is 0.222. The molecule has 35 heavy (non-hydrogen) atoms. The lowest BCUT2D eigenvalue weighted by atomic mass is 9.97. The molecule has 0 aliphatic heterocycles. The Morgan fingerprint density at radius 3 is 2.14 bits per heavy atom. The molecule has 0 spiro atoms. The van der Waals surface area contributed by atoms with Crippen LogP contribution in [0.3, 0.4) is 0 Å². The fourth-order valence-electron chi connectivity index (χ4n) is 4.24. The lowest BCUT2D eigenvalue weighted by Gasteiger charge is -2.28. The molecule has 1 unspecified atom stereocenters. The molecule has 1 aliphatic rings. The van der Waals surface area contributed by atoms with E-state index in [-0.39, 0.29) is 35.9 Å². The predicted octanol–water partition coefficient (Wildman–Crippen LogP) is 4.74.